The fourth-order valence-electron chi connectivity index (χ4n) is 1.70. The van der Waals surface area contributed by atoms with E-state index >= 15 is 0 Å². The molecule has 0 aromatic carbocycles. The summed E-state index contributed by atoms with van der Waals surface area (Å²) in [6.07, 6.45) is 1.91. The Hall–Kier alpha value is -2.51. The number of piperazine rings is 1. The third-order valence-electron chi connectivity index (χ3n) is 2.63. The van der Waals surface area contributed by atoms with Gasteiger partial charge in [-0.3, -0.25) is 9.59 Å². The maximum Gasteiger partial charge on any atom is 0.363 e. The monoisotopic (exact) mass is 250 g/mol. The highest BCUT2D eigenvalue weighted by molar-refractivity contribution is 5.96. The number of carbonyl (C=O) groups is 2. The van der Waals surface area contributed by atoms with Gasteiger partial charge in [0.05, 0.1) is 12.2 Å². The molecule has 1 aliphatic heterocycles. The van der Waals surface area contributed by atoms with Crippen molar-refractivity contribution in [2.45, 2.75) is 0 Å². The van der Waals surface area contributed by atoms with Gasteiger partial charge in [-0.25, -0.2) is 0 Å². The minimum Gasteiger partial charge on any atom is -0.358 e. The predicted octanol–water partition coefficient (Wildman–Crippen LogP) is -0.205. The van der Waals surface area contributed by atoms with Crippen LogP contribution >= 0.6 is 0 Å². The van der Waals surface area contributed by atoms with Crippen molar-refractivity contribution in [1.29, 1.82) is 0 Å². The molecule has 0 atom stereocenters. The minimum absolute atomic E-state index is 0.0144. The maximum atomic E-state index is 11.7. The quantitative estimate of drug-likeness (QED) is 0.420. The Bertz CT molecular complexity index is 487. The summed E-state index contributed by atoms with van der Waals surface area (Å²) in [7, 11) is 0. The first-order valence-corrected chi connectivity index (χ1v) is 5.22. The smallest absolute Gasteiger partial charge is 0.358 e. The van der Waals surface area contributed by atoms with Crippen LogP contribution in [0.4, 0.5) is 11.5 Å². The lowest BCUT2D eigenvalue weighted by atomic mass is 10.2. The molecule has 8 nitrogen and oxygen atoms in total. The Balaban J connectivity index is 2.14. The standard InChI is InChI=1S/C10H10N4O4/c15-7-12-3-4-13(10(16)6-12)8-1-2-9(11-5-8)14(17)18/h1-2,5,7H,3-4,6H2. The zero-order valence-electron chi connectivity index (χ0n) is 9.35. The Morgan fingerprint density at radius 3 is 2.67 bits per heavy atom. The molecule has 1 aromatic heterocycles. The Morgan fingerprint density at radius 1 is 1.39 bits per heavy atom. The lowest BCUT2D eigenvalue weighted by molar-refractivity contribution is -0.389. The summed E-state index contributed by atoms with van der Waals surface area (Å²) in [5.41, 5.74) is 0.496. The van der Waals surface area contributed by atoms with Gasteiger partial charge < -0.3 is 19.9 Å². The second kappa shape index (κ2) is 4.78. The van der Waals surface area contributed by atoms with Crippen LogP contribution in [0.25, 0.3) is 0 Å². The van der Waals surface area contributed by atoms with Crippen LogP contribution in [0.3, 0.4) is 0 Å². The molecule has 1 fully saturated rings. The summed E-state index contributed by atoms with van der Waals surface area (Å²) < 4.78 is 0. The lowest BCUT2D eigenvalue weighted by Gasteiger charge is -2.31. The Labute approximate surface area is 102 Å². The molecule has 2 rings (SSSR count). The summed E-state index contributed by atoms with van der Waals surface area (Å²) in [6, 6.07) is 2.72. The van der Waals surface area contributed by atoms with Gasteiger partial charge in [-0.05, 0) is 16.0 Å². The highest BCUT2D eigenvalue weighted by Crippen LogP contribution is 2.18. The number of hydrogen-bond donors (Lipinski definition) is 0. The molecular formula is C10H10N4O4. The zero-order chi connectivity index (χ0) is 13.1. The fraction of sp³-hybridized carbons (Fsp3) is 0.300. The zero-order valence-corrected chi connectivity index (χ0v) is 9.35. The molecule has 0 unspecified atom stereocenters. The molecule has 0 radical (unpaired) electrons. The van der Waals surface area contributed by atoms with Crippen molar-refractivity contribution in [3.63, 3.8) is 0 Å². The van der Waals surface area contributed by atoms with Gasteiger partial charge in [0, 0.05) is 19.2 Å². The van der Waals surface area contributed by atoms with Crippen LogP contribution in [0.5, 0.6) is 0 Å². The average Bonchev–Trinajstić information content (AvgIpc) is 2.38. The Kier molecular flexibility index (Phi) is 3.18. The molecule has 1 aliphatic rings. The summed E-state index contributed by atoms with van der Waals surface area (Å²) in [5, 5.41) is 10.5. The SMILES string of the molecule is O=CN1CCN(c2ccc([N+](=O)[O-])nc2)C(=O)C1. The summed E-state index contributed by atoms with van der Waals surface area (Å²) >= 11 is 0. The number of aromatic nitrogens is 1. The number of nitro groups is 1. The third-order valence-corrected chi connectivity index (χ3v) is 2.63. The van der Waals surface area contributed by atoms with Gasteiger partial charge in [0.1, 0.15) is 0 Å². The molecule has 2 heterocycles. The van der Waals surface area contributed by atoms with E-state index in [2.05, 4.69) is 4.98 Å². The van der Waals surface area contributed by atoms with Gasteiger partial charge >= 0.3 is 5.82 Å². The maximum absolute atomic E-state index is 11.7. The van der Waals surface area contributed by atoms with Crippen molar-refractivity contribution >= 4 is 23.8 Å². The number of amides is 2. The van der Waals surface area contributed by atoms with Crippen molar-refractivity contribution in [3.8, 4) is 0 Å². The van der Waals surface area contributed by atoms with Crippen LogP contribution in [-0.2, 0) is 9.59 Å². The van der Waals surface area contributed by atoms with Crippen LogP contribution < -0.4 is 4.90 Å². The number of anilines is 1. The molecule has 1 saturated heterocycles. The fourth-order valence-corrected chi connectivity index (χ4v) is 1.70. The van der Waals surface area contributed by atoms with E-state index < -0.39 is 4.92 Å². The second-order valence-electron chi connectivity index (χ2n) is 3.75. The van der Waals surface area contributed by atoms with Crippen molar-refractivity contribution < 1.29 is 14.5 Å². The van der Waals surface area contributed by atoms with Crippen molar-refractivity contribution in [2.24, 2.45) is 0 Å². The van der Waals surface area contributed by atoms with Gasteiger partial charge in [0.25, 0.3) is 0 Å². The van der Waals surface area contributed by atoms with Gasteiger partial charge in [0.2, 0.25) is 12.3 Å². The molecule has 0 aliphatic carbocycles. The van der Waals surface area contributed by atoms with Gasteiger partial charge in [-0.1, -0.05) is 0 Å². The van der Waals surface area contributed by atoms with Gasteiger partial charge in [-0.2, -0.15) is 0 Å². The van der Waals surface area contributed by atoms with Crippen LogP contribution in [-0.4, -0.2) is 46.8 Å². The molecule has 0 N–H and O–H groups in total. The van der Waals surface area contributed by atoms with E-state index in [0.29, 0.717) is 25.2 Å². The first kappa shape index (κ1) is 12.0. The molecule has 18 heavy (non-hydrogen) atoms. The first-order valence-electron chi connectivity index (χ1n) is 5.22. The van der Waals surface area contributed by atoms with Crippen LogP contribution in [0.15, 0.2) is 18.3 Å². The molecule has 0 bridgehead atoms. The minimum atomic E-state index is -0.601. The van der Waals surface area contributed by atoms with Crippen LogP contribution in [0, 0.1) is 10.1 Å². The van der Waals surface area contributed by atoms with E-state index in [0.717, 1.165) is 0 Å². The van der Waals surface area contributed by atoms with E-state index in [4.69, 9.17) is 0 Å². The molecule has 0 saturated carbocycles. The van der Waals surface area contributed by atoms with Gasteiger partial charge in [0.15, 0.2) is 6.20 Å². The van der Waals surface area contributed by atoms with Gasteiger partial charge in [-0.15, -0.1) is 0 Å². The molecule has 8 heteroatoms. The van der Waals surface area contributed by atoms with Crippen molar-refractivity contribution in [1.82, 2.24) is 9.88 Å². The Morgan fingerprint density at radius 2 is 2.17 bits per heavy atom. The van der Waals surface area contributed by atoms with Crippen molar-refractivity contribution in [2.75, 3.05) is 24.5 Å². The summed E-state index contributed by atoms with van der Waals surface area (Å²) in [5.74, 6) is -0.498. The summed E-state index contributed by atoms with van der Waals surface area (Å²) in [4.78, 5) is 38.6. The third kappa shape index (κ3) is 2.26. The first-order chi connectivity index (χ1) is 8.61. The molecular weight excluding hydrogens is 240 g/mol. The predicted molar refractivity (Wildman–Crippen MR) is 60.9 cm³/mol. The summed E-state index contributed by atoms with van der Waals surface area (Å²) in [6.45, 7) is 0.809. The largest absolute Gasteiger partial charge is 0.363 e. The molecule has 0 spiro atoms. The van der Waals surface area contributed by atoms with E-state index in [1.807, 2.05) is 0 Å². The number of nitrogens with zero attached hydrogens (tertiary/aromatic N) is 4. The highest BCUT2D eigenvalue weighted by Gasteiger charge is 2.25. The second-order valence-corrected chi connectivity index (χ2v) is 3.75. The van der Waals surface area contributed by atoms with Crippen LogP contribution in [0.2, 0.25) is 0 Å². The van der Waals surface area contributed by atoms with E-state index in [-0.39, 0.29) is 18.3 Å². The molecule has 94 valence electrons. The average molecular weight is 250 g/mol. The van der Waals surface area contributed by atoms with E-state index in [1.165, 1.54) is 28.1 Å². The number of hydrogen-bond acceptors (Lipinski definition) is 5. The van der Waals surface area contributed by atoms with Crippen LogP contribution in [0.1, 0.15) is 0 Å². The van der Waals surface area contributed by atoms with E-state index in [9.17, 15) is 19.7 Å². The number of rotatable bonds is 3. The van der Waals surface area contributed by atoms with Crippen molar-refractivity contribution in [3.05, 3.63) is 28.4 Å². The highest BCUT2D eigenvalue weighted by atomic mass is 16.6. The lowest BCUT2D eigenvalue weighted by Crippen LogP contribution is -2.49. The molecule has 1 aromatic rings. The number of carbonyl (C=O) groups excluding carboxylic acids is 2. The molecule has 2 amide bonds. The normalized spacial score (nSPS) is 15.7. The topological polar surface area (TPSA) is 96.7 Å². The number of pyridine rings is 1. The van der Waals surface area contributed by atoms with E-state index in [1.54, 1.807) is 0 Å².